The fraction of sp³-hybridized carbons (Fsp3) is 0.962. The van der Waals surface area contributed by atoms with Gasteiger partial charge in [0.2, 0.25) is 0 Å². The van der Waals surface area contributed by atoms with Crippen LogP contribution in [0, 0.1) is 17.8 Å². The Labute approximate surface area is 206 Å². The molecule has 2 saturated heterocycles. The molecule has 8 nitrogen and oxygen atoms in total. The van der Waals surface area contributed by atoms with Gasteiger partial charge >= 0.3 is 5.97 Å². The monoisotopic (exact) mass is 479 g/mol. The molecule has 4 aliphatic rings. The molecule has 0 atom stereocenters. The van der Waals surface area contributed by atoms with Crippen molar-refractivity contribution < 1.29 is 14.6 Å². The highest BCUT2D eigenvalue weighted by Crippen LogP contribution is 2.32. The lowest BCUT2D eigenvalue weighted by Crippen LogP contribution is -2.63. The molecule has 0 spiro atoms. The van der Waals surface area contributed by atoms with Gasteiger partial charge in [0.25, 0.3) is 0 Å². The first-order chi connectivity index (χ1) is 16.6. The zero-order valence-corrected chi connectivity index (χ0v) is 21.4. The van der Waals surface area contributed by atoms with E-state index in [2.05, 4.69) is 25.8 Å². The van der Waals surface area contributed by atoms with Crippen LogP contribution in [0.1, 0.15) is 64.2 Å². The molecule has 2 aliphatic heterocycles. The summed E-state index contributed by atoms with van der Waals surface area (Å²) < 4.78 is 5.54. The molecule has 8 heteroatoms. The molecule has 196 valence electrons. The third-order valence-electron chi connectivity index (χ3n) is 9.10. The van der Waals surface area contributed by atoms with E-state index in [4.69, 9.17) is 9.84 Å². The average Bonchev–Trinajstić information content (AvgIpc) is 2.88. The maximum atomic E-state index is 10.8. The van der Waals surface area contributed by atoms with Crippen molar-refractivity contribution in [3.05, 3.63) is 0 Å². The number of piperazine rings is 1. The highest BCUT2D eigenvalue weighted by molar-refractivity contribution is 5.66. The maximum absolute atomic E-state index is 10.8. The highest BCUT2D eigenvalue weighted by Gasteiger charge is 2.31. The summed E-state index contributed by atoms with van der Waals surface area (Å²) in [6.45, 7) is 8.36. The minimum atomic E-state index is -0.688. The third-order valence-corrected chi connectivity index (χ3v) is 9.10. The van der Waals surface area contributed by atoms with E-state index < -0.39 is 5.97 Å². The maximum Gasteiger partial charge on any atom is 0.304 e. The lowest BCUT2D eigenvalue weighted by molar-refractivity contribution is -0.137. The highest BCUT2D eigenvalue weighted by atomic mass is 16.5. The summed E-state index contributed by atoms with van der Waals surface area (Å²) in [7, 11) is 1.86. The lowest BCUT2D eigenvalue weighted by Gasteiger charge is -2.40. The van der Waals surface area contributed by atoms with E-state index in [0.717, 1.165) is 57.0 Å². The lowest BCUT2D eigenvalue weighted by atomic mass is 9.78. The van der Waals surface area contributed by atoms with E-state index in [-0.39, 0.29) is 12.7 Å². The van der Waals surface area contributed by atoms with Gasteiger partial charge in [-0.25, -0.2) is 0 Å². The Morgan fingerprint density at radius 2 is 1.50 bits per heavy atom. The van der Waals surface area contributed by atoms with Gasteiger partial charge < -0.3 is 19.6 Å². The second kappa shape index (κ2) is 13.5. The number of hydrogen-bond acceptors (Lipinski definition) is 7. The number of methoxy groups -OCH3 is 1. The molecule has 0 amide bonds. The van der Waals surface area contributed by atoms with Crippen molar-refractivity contribution in [1.29, 1.82) is 0 Å². The molecular formula is C26H49N5O3. The number of carboxylic acid groups (broad SMARTS) is 1. The minimum Gasteiger partial charge on any atom is -0.481 e. The molecule has 4 N–H and O–H groups in total. The molecule has 0 aromatic carbocycles. The zero-order valence-electron chi connectivity index (χ0n) is 21.4. The summed E-state index contributed by atoms with van der Waals surface area (Å²) in [5.41, 5.74) is 0. The number of ether oxygens (including phenoxy) is 1. The number of hydrogen-bond donors (Lipinski definition) is 4. The van der Waals surface area contributed by atoms with Gasteiger partial charge in [0, 0.05) is 59.0 Å². The molecule has 0 radical (unpaired) electrons. The summed E-state index contributed by atoms with van der Waals surface area (Å²) in [6.07, 6.45) is 12.7. The molecule has 0 unspecified atom stereocenters. The Balaban J connectivity index is 1.04. The third kappa shape index (κ3) is 8.14. The van der Waals surface area contributed by atoms with Gasteiger partial charge in [-0.2, -0.15) is 0 Å². The van der Waals surface area contributed by atoms with Crippen LogP contribution in [0.2, 0.25) is 0 Å². The van der Waals surface area contributed by atoms with Crippen LogP contribution in [0.25, 0.3) is 0 Å². The number of rotatable bonds is 10. The Hall–Kier alpha value is -0.770. The molecule has 2 saturated carbocycles. The summed E-state index contributed by atoms with van der Waals surface area (Å²) in [5, 5.41) is 20.2. The molecule has 2 heterocycles. The average molecular weight is 480 g/mol. The first-order valence-electron chi connectivity index (χ1n) is 14.0. The molecule has 34 heavy (non-hydrogen) atoms. The van der Waals surface area contributed by atoms with Crippen molar-refractivity contribution in [3.63, 3.8) is 0 Å². The number of carboxylic acids is 1. The molecule has 2 aliphatic carbocycles. The number of nitrogens with zero attached hydrogens (tertiary/aromatic N) is 2. The van der Waals surface area contributed by atoms with E-state index >= 15 is 0 Å². The van der Waals surface area contributed by atoms with Gasteiger partial charge in [0.1, 0.15) is 6.29 Å². The van der Waals surface area contributed by atoms with Gasteiger partial charge in [-0.1, -0.05) is 0 Å². The van der Waals surface area contributed by atoms with Crippen LogP contribution in [0.15, 0.2) is 0 Å². The van der Waals surface area contributed by atoms with E-state index in [1.165, 1.54) is 64.3 Å². The van der Waals surface area contributed by atoms with Crippen molar-refractivity contribution in [2.24, 2.45) is 17.8 Å². The van der Waals surface area contributed by atoms with Crippen LogP contribution in [-0.4, -0.2) is 98.8 Å². The number of nitrogens with one attached hydrogen (secondary N) is 3. The molecule has 4 rings (SSSR count). The standard InChI is InChI=1S/C26H49N5O3/c1-34-24-8-4-21(5-9-24)22-18-27-26(28-19-22)29-23-6-2-20(3-7-23)10-12-30-14-16-31(17-15-30)13-11-25(32)33/h20-24,26-29H,2-19H2,1H3,(H,32,33). The topological polar surface area (TPSA) is 89.1 Å². The predicted octanol–water partition coefficient (Wildman–Crippen LogP) is 1.92. The summed E-state index contributed by atoms with van der Waals surface area (Å²) in [4.78, 5) is 15.6. The molecular weight excluding hydrogens is 430 g/mol. The van der Waals surface area contributed by atoms with E-state index in [1.807, 2.05) is 7.11 Å². The Morgan fingerprint density at radius 1 is 0.882 bits per heavy atom. The second-order valence-corrected chi connectivity index (χ2v) is 11.3. The van der Waals surface area contributed by atoms with Gasteiger partial charge in [0.15, 0.2) is 0 Å². The van der Waals surface area contributed by atoms with Gasteiger partial charge in [0.05, 0.1) is 12.5 Å². The summed E-state index contributed by atoms with van der Waals surface area (Å²) >= 11 is 0. The molecule has 0 aromatic rings. The normalized spacial score (nSPS) is 36.4. The van der Waals surface area contributed by atoms with Crippen molar-refractivity contribution in [2.45, 2.75) is 82.6 Å². The summed E-state index contributed by atoms with van der Waals surface area (Å²) in [5.74, 6) is 1.77. The van der Waals surface area contributed by atoms with Crippen molar-refractivity contribution >= 4 is 5.97 Å². The molecule has 0 aromatic heterocycles. The van der Waals surface area contributed by atoms with Crippen LogP contribution in [0.3, 0.4) is 0 Å². The van der Waals surface area contributed by atoms with Gasteiger partial charge in [-0.05, 0) is 82.1 Å². The SMILES string of the molecule is COC1CCC(C2CNC(NC3CCC(CCN4CCN(CCC(=O)O)CC4)CC3)NC2)CC1. The quantitative estimate of drug-likeness (QED) is 0.378. The van der Waals surface area contributed by atoms with Crippen molar-refractivity contribution in [2.75, 3.05) is 59.5 Å². The van der Waals surface area contributed by atoms with Crippen molar-refractivity contribution in [3.8, 4) is 0 Å². The van der Waals surface area contributed by atoms with Crippen LogP contribution in [-0.2, 0) is 9.53 Å². The first-order valence-corrected chi connectivity index (χ1v) is 14.0. The number of carbonyl (C=O) groups is 1. The second-order valence-electron chi connectivity index (χ2n) is 11.3. The Bertz CT molecular complexity index is 591. The van der Waals surface area contributed by atoms with Crippen LogP contribution in [0.5, 0.6) is 0 Å². The Morgan fingerprint density at radius 3 is 2.09 bits per heavy atom. The van der Waals surface area contributed by atoms with Crippen LogP contribution in [0.4, 0.5) is 0 Å². The molecule has 4 fully saturated rings. The van der Waals surface area contributed by atoms with Gasteiger partial charge in [-0.15, -0.1) is 0 Å². The zero-order chi connectivity index (χ0) is 23.8. The minimum absolute atomic E-state index is 0.263. The van der Waals surface area contributed by atoms with Crippen LogP contribution >= 0.6 is 0 Å². The first kappa shape index (κ1) is 26.3. The smallest absolute Gasteiger partial charge is 0.304 e. The van der Waals surface area contributed by atoms with E-state index in [1.54, 1.807) is 0 Å². The Kier molecular flexibility index (Phi) is 10.5. The largest absolute Gasteiger partial charge is 0.481 e. The predicted molar refractivity (Wildman–Crippen MR) is 135 cm³/mol. The van der Waals surface area contributed by atoms with E-state index in [9.17, 15) is 4.79 Å². The van der Waals surface area contributed by atoms with E-state index in [0.29, 0.717) is 18.7 Å². The van der Waals surface area contributed by atoms with Crippen molar-refractivity contribution in [1.82, 2.24) is 25.8 Å². The van der Waals surface area contributed by atoms with Crippen LogP contribution < -0.4 is 16.0 Å². The fourth-order valence-electron chi connectivity index (χ4n) is 6.64. The molecule has 0 bridgehead atoms. The fourth-order valence-corrected chi connectivity index (χ4v) is 6.64. The number of aliphatic carboxylic acids is 1. The summed E-state index contributed by atoms with van der Waals surface area (Å²) in [6, 6.07) is 0.632. The van der Waals surface area contributed by atoms with Gasteiger partial charge in [-0.3, -0.25) is 20.7 Å².